The number of hydrogen-bond acceptors (Lipinski definition) is 7. The molecule has 1 saturated heterocycles. The SMILES string of the molecule is CC(C)(C(=O)NC[C@@]1(O)CCN(c2cnccn2)C1)n1cncn1. The largest absolute Gasteiger partial charge is 0.386 e. The van der Waals surface area contributed by atoms with Crippen LogP contribution in [0.5, 0.6) is 0 Å². The second-order valence-corrected chi connectivity index (χ2v) is 6.54. The number of nitrogens with one attached hydrogen (secondary N) is 1. The van der Waals surface area contributed by atoms with E-state index in [4.69, 9.17) is 0 Å². The molecule has 2 aromatic heterocycles. The summed E-state index contributed by atoms with van der Waals surface area (Å²) in [4.78, 5) is 26.6. The van der Waals surface area contributed by atoms with Crippen molar-refractivity contribution in [3.05, 3.63) is 31.2 Å². The normalized spacial score (nSPS) is 21.0. The van der Waals surface area contributed by atoms with E-state index in [0.717, 1.165) is 5.82 Å². The molecule has 1 fully saturated rings. The molecule has 9 heteroatoms. The third-order valence-corrected chi connectivity index (χ3v) is 4.33. The summed E-state index contributed by atoms with van der Waals surface area (Å²) in [7, 11) is 0. The molecule has 3 heterocycles. The van der Waals surface area contributed by atoms with E-state index < -0.39 is 11.1 Å². The van der Waals surface area contributed by atoms with Crippen molar-refractivity contribution >= 4 is 11.7 Å². The number of carbonyl (C=O) groups excluding carboxylic acids is 1. The van der Waals surface area contributed by atoms with Crippen molar-refractivity contribution in [1.82, 2.24) is 30.0 Å². The molecule has 1 atom stereocenters. The predicted molar refractivity (Wildman–Crippen MR) is 86.2 cm³/mol. The van der Waals surface area contributed by atoms with Gasteiger partial charge < -0.3 is 15.3 Å². The summed E-state index contributed by atoms with van der Waals surface area (Å²) >= 11 is 0. The first-order chi connectivity index (χ1) is 11.4. The van der Waals surface area contributed by atoms with Crippen molar-refractivity contribution < 1.29 is 9.90 Å². The molecule has 1 aliphatic rings. The Hall–Kier alpha value is -2.55. The second-order valence-electron chi connectivity index (χ2n) is 6.54. The summed E-state index contributed by atoms with van der Waals surface area (Å²) in [5.41, 5.74) is -1.87. The maximum atomic E-state index is 12.5. The van der Waals surface area contributed by atoms with E-state index in [-0.39, 0.29) is 12.5 Å². The Kier molecular flexibility index (Phi) is 4.18. The molecule has 0 saturated carbocycles. The van der Waals surface area contributed by atoms with E-state index in [0.29, 0.717) is 19.5 Å². The van der Waals surface area contributed by atoms with Gasteiger partial charge >= 0.3 is 0 Å². The molecular formula is C15H21N7O2. The molecule has 9 nitrogen and oxygen atoms in total. The molecule has 1 amide bonds. The molecule has 24 heavy (non-hydrogen) atoms. The highest BCUT2D eigenvalue weighted by Gasteiger charge is 2.39. The molecule has 0 bridgehead atoms. The quantitative estimate of drug-likeness (QED) is 0.764. The van der Waals surface area contributed by atoms with Crippen LogP contribution in [0.4, 0.5) is 5.82 Å². The van der Waals surface area contributed by atoms with Crippen molar-refractivity contribution in [3.8, 4) is 0 Å². The van der Waals surface area contributed by atoms with Gasteiger partial charge in [0.2, 0.25) is 5.91 Å². The van der Waals surface area contributed by atoms with Gasteiger partial charge in [-0.3, -0.25) is 9.78 Å². The van der Waals surface area contributed by atoms with Gasteiger partial charge in [0.1, 0.15) is 29.6 Å². The number of aromatic nitrogens is 5. The third-order valence-electron chi connectivity index (χ3n) is 4.33. The first-order valence-electron chi connectivity index (χ1n) is 7.77. The molecule has 0 radical (unpaired) electrons. The minimum Gasteiger partial charge on any atom is -0.386 e. The molecule has 3 rings (SSSR count). The highest BCUT2D eigenvalue weighted by molar-refractivity contribution is 5.83. The van der Waals surface area contributed by atoms with Crippen LogP contribution in [0.3, 0.4) is 0 Å². The minimum absolute atomic E-state index is 0.167. The number of anilines is 1. The molecule has 2 aromatic rings. The zero-order chi connectivity index (χ0) is 17.2. The maximum Gasteiger partial charge on any atom is 0.247 e. The van der Waals surface area contributed by atoms with Crippen LogP contribution in [0.2, 0.25) is 0 Å². The number of nitrogens with zero attached hydrogens (tertiary/aromatic N) is 6. The van der Waals surface area contributed by atoms with Crippen LogP contribution in [-0.4, -0.2) is 61.0 Å². The predicted octanol–water partition coefficient (Wildman–Crippen LogP) is -0.439. The number of carbonyl (C=O) groups is 1. The Morgan fingerprint density at radius 2 is 2.25 bits per heavy atom. The number of aliphatic hydroxyl groups is 1. The van der Waals surface area contributed by atoms with E-state index in [1.54, 1.807) is 32.4 Å². The minimum atomic E-state index is -0.994. The summed E-state index contributed by atoms with van der Waals surface area (Å²) in [6.07, 6.45) is 8.33. The lowest BCUT2D eigenvalue weighted by Crippen LogP contribution is -2.51. The Morgan fingerprint density at radius 1 is 1.42 bits per heavy atom. The van der Waals surface area contributed by atoms with E-state index >= 15 is 0 Å². The summed E-state index contributed by atoms with van der Waals surface area (Å²) in [6, 6.07) is 0. The van der Waals surface area contributed by atoms with E-state index in [1.807, 2.05) is 4.90 Å². The molecule has 0 spiro atoms. The van der Waals surface area contributed by atoms with Crippen molar-refractivity contribution in [2.75, 3.05) is 24.5 Å². The van der Waals surface area contributed by atoms with Crippen molar-refractivity contribution in [3.63, 3.8) is 0 Å². The summed E-state index contributed by atoms with van der Waals surface area (Å²) < 4.78 is 1.49. The number of β-amino-alcohol motifs (C(OH)–C–C–N with tert-alkyl or cyclic N) is 1. The Labute approximate surface area is 139 Å². The fourth-order valence-electron chi connectivity index (χ4n) is 2.71. The molecule has 128 valence electrons. The molecule has 0 aliphatic carbocycles. The van der Waals surface area contributed by atoms with Gasteiger partial charge in [0, 0.05) is 32.0 Å². The van der Waals surface area contributed by atoms with Gasteiger partial charge in [-0.2, -0.15) is 5.10 Å². The van der Waals surface area contributed by atoms with Crippen molar-refractivity contribution in [2.24, 2.45) is 0 Å². The van der Waals surface area contributed by atoms with Crippen molar-refractivity contribution in [2.45, 2.75) is 31.4 Å². The van der Waals surface area contributed by atoms with Gasteiger partial charge in [0.15, 0.2) is 0 Å². The second kappa shape index (κ2) is 6.16. The van der Waals surface area contributed by atoms with Crippen LogP contribution in [-0.2, 0) is 10.3 Å². The van der Waals surface area contributed by atoms with Crippen LogP contribution in [0.15, 0.2) is 31.2 Å². The molecule has 0 unspecified atom stereocenters. The van der Waals surface area contributed by atoms with Gasteiger partial charge in [-0.25, -0.2) is 14.6 Å². The number of rotatable bonds is 5. The zero-order valence-corrected chi connectivity index (χ0v) is 13.8. The first kappa shape index (κ1) is 16.3. The highest BCUT2D eigenvalue weighted by atomic mass is 16.3. The van der Waals surface area contributed by atoms with Gasteiger partial charge in [-0.05, 0) is 20.3 Å². The lowest BCUT2D eigenvalue weighted by molar-refractivity contribution is -0.130. The fraction of sp³-hybridized carbons (Fsp3) is 0.533. The maximum absolute atomic E-state index is 12.5. The van der Waals surface area contributed by atoms with E-state index in [2.05, 4.69) is 25.4 Å². The summed E-state index contributed by atoms with van der Waals surface area (Å²) in [5, 5.41) is 17.6. The molecule has 1 aliphatic heterocycles. The Morgan fingerprint density at radius 3 is 2.92 bits per heavy atom. The van der Waals surface area contributed by atoms with Gasteiger partial charge in [0.05, 0.1) is 6.20 Å². The topological polar surface area (TPSA) is 109 Å². The smallest absolute Gasteiger partial charge is 0.247 e. The monoisotopic (exact) mass is 331 g/mol. The summed E-state index contributed by atoms with van der Waals surface area (Å²) in [6.45, 7) is 4.73. The average molecular weight is 331 g/mol. The average Bonchev–Trinajstić information content (AvgIpc) is 3.24. The summed E-state index contributed by atoms with van der Waals surface area (Å²) in [5.74, 6) is 0.502. The highest BCUT2D eigenvalue weighted by Crippen LogP contribution is 2.24. The number of amides is 1. The van der Waals surface area contributed by atoms with E-state index in [1.165, 1.54) is 17.3 Å². The van der Waals surface area contributed by atoms with Crippen LogP contribution >= 0.6 is 0 Å². The van der Waals surface area contributed by atoms with Gasteiger partial charge in [-0.15, -0.1) is 0 Å². The third kappa shape index (κ3) is 3.21. The van der Waals surface area contributed by atoms with Crippen LogP contribution in [0.1, 0.15) is 20.3 Å². The standard InChI is InChI=1S/C15H21N7O2/c1-14(2,22-11-17-10-20-22)13(23)19-8-15(24)3-6-21(9-15)12-7-16-4-5-18-12/h4-5,7,10-11,24H,3,6,8-9H2,1-2H3,(H,19,23)/t15-/m0/s1. The fourth-order valence-corrected chi connectivity index (χ4v) is 2.71. The van der Waals surface area contributed by atoms with E-state index in [9.17, 15) is 9.90 Å². The molecular weight excluding hydrogens is 310 g/mol. The van der Waals surface area contributed by atoms with Crippen LogP contribution < -0.4 is 10.2 Å². The van der Waals surface area contributed by atoms with Gasteiger partial charge in [-0.1, -0.05) is 0 Å². The Bertz CT molecular complexity index is 689. The van der Waals surface area contributed by atoms with Crippen LogP contribution in [0.25, 0.3) is 0 Å². The Balaban J connectivity index is 1.59. The first-order valence-corrected chi connectivity index (χ1v) is 7.77. The molecule has 2 N–H and O–H groups in total. The van der Waals surface area contributed by atoms with Gasteiger partial charge in [0.25, 0.3) is 0 Å². The van der Waals surface area contributed by atoms with Crippen LogP contribution in [0, 0.1) is 0 Å². The van der Waals surface area contributed by atoms with Crippen molar-refractivity contribution in [1.29, 1.82) is 0 Å². The lowest BCUT2D eigenvalue weighted by atomic mass is 10.0. The molecule has 0 aromatic carbocycles. The lowest BCUT2D eigenvalue weighted by Gasteiger charge is -2.28. The number of hydrogen-bond donors (Lipinski definition) is 2. The zero-order valence-electron chi connectivity index (χ0n) is 13.8.